The van der Waals surface area contributed by atoms with Gasteiger partial charge >= 0.3 is 5.97 Å². The Hall–Kier alpha value is -1.39. The smallest absolute Gasteiger partial charge is 0.305 e. The summed E-state index contributed by atoms with van der Waals surface area (Å²) in [6.07, 6.45) is 0.103. The zero-order chi connectivity index (χ0) is 14.3. The van der Waals surface area contributed by atoms with E-state index in [0.29, 0.717) is 6.61 Å². The van der Waals surface area contributed by atoms with Crippen LogP contribution in [0.25, 0.3) is 0 Å². The Balaban J connectivity index is 2.97. The second kappa shape index (κ2) is 7.92. The summed E-state index contributed by atoms with van der Waals surface area (Å²) in [5.74, 6) is -0.781. The predicted octanol–water partition coefficient (Wildman–Crippen LogP) is 2.56. The number of hydrogen-bond donors (Lipinski definition) is 1. The van der Waals surface area contributed by atoms with Crippen molar-refractivity contribution in [3.63, 3.8) is 0 Å². The van der Waals surface area contributed by atoms with Gasteiger partial charge in [0.25, 0.3) is 0 Å². The van der Waals surface area contributed by atoms with Crippen molar-refractivity contribution in [2.45, 2.75) is 32.4 Å². The first kappa shape index (κ1) is 15.7. The lowest BCUT2D eigenvalue weighted by atomic mass is 10.0. The van der Waals surface area contributed by atoms with Gasteiger partial charge in [-0.2, -0.15) is 0 Å². The van der Waals surface area contributed by atoms with E-state index in [1.165, 1.54) is 0 Å². The molecule has 2 atom stereocenters. The van der Waals surface area contributed by atoms with E-state index in [-0.39, 0.29) is 18.5 Å². The molecule has 0 radical (unpaired) electrons. The number of hydrogen-bond acceptors (Lipinski definition) is 3. The summed E-state index contributed by atoms with van der Waals surface area (Å²) in [6.45, 7) is 5.49. The Morgan fingerprint density at radius 2 is 2.00 bits per heavy atom. The molecule has 0 aliphatic rings. The van der Waals surface area contributed by atoms with E-state index in [0.717, 1.165) is 12.1 Å². The van der Waals surface area contributed by atoms with Crippen LogP contribution >= 0.6 is 0 Å². The lowest BCUT2D eigenvalue weighted by molar-refractivity contribution is -0.138. The van der Waals surface area contributed by atoms with E-state index in [4.69, 9.17) is 9.84 Å². The first-order chi connectivity index (χ1) is 9.10. The second-order valence-electron chi connectivity index (χ2n) is 4.66. The van der Waals surface area contributed by atoms with Gasteiger partial charge in [-0.15, -0.1) is 0 Å². The number of carboxylic acid groups (broad SMARTS) is 1. The van der Waals surface area contributed by atoms with Crippen LogP contribution < -0.4 is 0 Å². The highest BCUT2D eigenvalue weighted by Crippen LogP contribution is 2.26. The number of methoxy groups -OCH3 is 1. The number of likely N-dealkylation sites (N-methyl/N-ethyl adjacent to an activating group) is 1. The first-order valence-electron chi connectivity index (χ1n) is 6.61. The van der Waals surface area contributed by atoms with Crippen LogP contribution in [-0.2, 0) is 9.53 Å². The maximum Gasteiger partial charge on any atom is 0.305 e. The van der Waals surface area contributed by atoms with E-state index >= 15 is 0 Å². The third-order valence-electron chi connectivity index (χ3n) is 3.29. The zero-order valence-electron chi connectivity index (χ0n) is 11.9. The van der Waals surface area contributed by atoms with Gasteiger partial charge in [0.05, 0.1) is 13.0 Å². The Labute approximate surface area is 115 Å². The maximum absolute atomic E-state index is 11.1. The molecule has 1 aromatic carbocycles. The van der Waals surface area contributed by atoms with Gasteiger partial charge in [0.1, 0.15) is 0 Å². The van der Waals surface area contributed by atoms with Crippen LogP contribution in [0.15, 0.2) is 30.3 Å². The van der Waals surface area contributed by atoms with Gasteiger partial charge in [-0.25, -0.2) is 0 Å². The van der Waals surface area contributed by atoms with Crippen molar-refractivity contribution < 1.29 is 14.6 Å². The van der Waals surface area contributed by atoms with E-state index in [1.54, 1.807) is 7.11 Å². The van der Waals surface area contributed by atoms with Gasteiger partial charge in [0.15, 0.2) is 0 Å². The quantitative estimate of drug-likeness (QED) is 0.785. The summed E-state index contributed by atoms with van der Waals surface area (Å²) in [5.41, 5.74) is 1.04. The number of nitrogens with zero attached hydrogens (tertiary/aromatic N) is 1. The molecule has 1 aromatic rings. The Morgan fingerprint density at radius 3 is 2.47 bits per heavy atom. The molecule has 4 heteroatoms. The lowest BCUT2D eigenvalue weighted by Gasteiger charge is -2.35. The molecule has 1 rings (SSSR count). The molecular weight excluding hydrogens is 242 g/mol. The molecule has 0 amide bonds. The molecule has 1 N–H and O–H groups in total. The van der Waals surface area contributed by atoms with E-state index < -0.39 is 5.97 Å². The zero-order valence-corrected chi connectivity index (χ0v) is 11.9. The minimum Gasteiger partial charge on any atom is -0.481 e. The van der Waals surface area contributed by atoms with Gasteiger partial charge in [-0.05, 0) is 19.0 Å². The number of carboxylic acids is 1. The summed E-state index contributed by atoms with van der Waals surface area (Å²) < 4.78 is 5.19. The molecule has 19 heavy (non-hydrogen) atoms. The van der Waals surface area contributed by atoms with E-state index in [9.17, 15) is 4.79 Å². The maximum atomic E-state index is 11.1. The monoisotopic (exact) mass is 265 g/mol. The molecule has 0 fully saturated rings. The Morgan fingerprint density at radius 1 is 1.37 bits per heavy atom. The average molecular weight is 265 g/mol. The summed E-state index contributed by atoms with van der Waals surface area (Å²) in [4.78, 5) is 13.3. The average Bonchev–Trinajstić information content (AvgIpc) is 2.39. The standard InChI is InChI=1S/C15H23NO3/c1-4-16(12(2)11-19-3)14(10-15(17)18)13-8-6-5-7-9-13/h5-9,12,14H,4,10-11H2,1-3H3,(H,17,18). The molecule has 0 aliphatic carbocycles. The van der Waals surface area contributed by atoms with Crippen LogP contribution in [0.5, 0.6) is 0 Å². The van der Waals surface area contributed by atoms with E-state index in [2.05, 4.69) is 11.8 Å². The number of rotatable bonds is 8. The third-order valence-corrected chi connectivity index (χ3v) is 3.29. The van der Waals surface area contributed by atoms with Crippen molar-refractivity contribution in [1.29, 1.82) is 0 Å². The van der Waals surface area contributed by atoms with Crippen molar-refractivity contribution in [2.75, 3.05) is 20.3 Å². The van der Waals surface area contributed by atoms with Gasteiger partial charge in [0.2, 0.25) is 0 Å². The van der Waals surface area contributed by atoms with Crippen LogP contribution in [0, 0.1) is 0 Å². The molecule has 4 nitrogen and oxygen atoms in total. The van der Waals surface area contributed by atoms with E-state index in [1.807, 2.05) is 37.3 Å². The predicted molar refractivity (Wildman–Crippen MR) is 75.2 cm³/mol. The molecule has 0 spiro atoms. The van der Waals surface area contributed by atoms with Crippen LogP contribution in [0.3, 0.4) is 0 Å². The third kappa shape index (κ3) is 4.65. The highest BCUT2D eigenvalue weighted by atomic mass is 16.5. The number of benzene rings is 1. The van der Waals surface area contributed by atoms with Crippen molar-refractivity contribution >= 4 is 5.97 Å². The number of ether oxygens (including phenoxy) is 1. The Bertz CT molecular complexity index is 380. The lowest BCUT2D eigenvalue weighted by Crippen LogP contribution is -2.40. The second-order valence-corrected chi connectivity index (χ2v) is 4.66. The van der Waals surface area contributed by atoms with Crippen LogP contribution in [0.4, 0.5) is 0 Å². The molecule has 106 valence electrons. The molecular formula is C15H23NO3. The SMILES string of the molecule is CCN(C(C)COC)C(CC(=O)O)c1ccccc1. The van der Waals surface area contributed by atoms with Gasteiger partial charge in [-0.3, -0.25) is 9.69 Å². The van der Waals surface area contributed by atoms with Crippen molar-refractivity contribution in [3.8, 4) is 0 Å². The summed E-state index contributed by atoms with van der Waals surface area (Å²) in [6, 6.07) is 9.85. The minimum absolute atomic E-state index is 0.103. The normalized spacial score (nSPS) is 14.3. The van der Waals surface area contributed by atoms with Crippen LogP contribution in [-0.4, -0.2) is 42.3 Å². The molecule has 0 saturated carbocycles. The largest absolute Gasteiger partial charge is 0.481 e. The summed E-state index contributed by atoms with van der Waals surface area (Å²) in [7, 11) is 1.67. The molecule has 0 aliphatic heterocycles. The summed E-state index contributed by atoms with van der Waals surface area (Å²) in [5, 5.41) is 9.14. The Kier molecular flexibility index (Phi) is 6.53. The molecule has 2 unspecified atom stereocenters. The molecule has 0 bridgehead atoms. The van der Waals surface area contributed by atoms with Crippen LogP contribution in [0.1, 0.15) is 31.9 Å². The first-order valence-corrected chi connectivity index (χ1v) is 6.61. The summed E-state index contributed by atoms with van der Waals surface area (Å²) >= 11 is 0. The number of carbonyl (C=O) groups is 1. The van der Waals surface area contributed by atoms with Gasteiger partial charge in [0, 0.05) is 19.2 Å². The van der Waals surface area contributed by atoms with Gasteiger partial charge < -0.3 is 9.84 Å². The topological polar surface area (TPSA) is 49.8 Å². The highest BCUT2D eigenvalue weighted by molar-refractivity contribution is 5.68. The number of aliphatic carboxylic acids is 1. The van der Waals surface area contributed by atoms with Crippen molar-refractivity contribution in [3.05, 3.63) is 35.9 Å². The highest BCUT2D eigenvalue weighted by Gasteiger charge is 2.25. The molecule has 0 aromatic heterocycles. The molecule has 0 heterocycles. The fourth-order valence-corrected chi connectivity index (χ4v) is 2.44. The fourth-order valence-electron chi connectivity index (χ4n) is 2.44. The van der Waals surface area contributed by atoms with Gasteiger partial charge in [-0.1, -0.05) is 37.3 Å². The van der Waals surface area contributed by atoms with Crippen molar-refractivity contribution in [1.82, 2.24) is 4.90 Å². The van der Waals surface area contributed by atoms with Crippen LogP contribution in [0.2, 0.25) is 0 Å². The van der Waals surface area contributed by atoms with Crippen molar-refractivity contribution in [2.24, 2.45) is 0 Å². The fraction of sp³-hybridized carbons (Fsp3) is 0.533. The molecule has 0 saturated heterocycles. The minimum atomic E-state index is -0.781.